The number of phenols is 1. The molecule has 0 aliphatic carbocycles. The second-order valence-corrected chi connectivity index (χ2v) is 17.4. The van der Waals surface area contributed by atoms with Crippen LogP contribution in [0.1, 0.15) is 62.6 Å². The number of nitrogens with zero attached hydrogens (tertiary/aromatic N) is 1. The molecule has 10 N–H and O–H groups in total. The van der Waals surface area contributed by atoms with Gasteiger partial charge in [-0.25, -0.2) is 4.79 Å². The van der Waals surface area contributed by atoms with Gasteiger partial charge in [0.05, 0.1) is 12.6 Å². The number of nitrogens with one attached hydrogen (secondary N) is 7. The summed E-state index contributed by atoms with van der Waals surface area (Å²) in [5, 5.41) is 46.6. The molecule has 3 heterocycles. The van der Waals surface area contributed by atoms with Crippen molar-refractivity contribution in [2.24, 2.45) is 5.92 Å². The highest BCUT2D eigenvalue weighted by Gasteiger charge is 2.40. The summed E-state index contributed by atoms with van der Waals surface area (Å²) in [7, 11) is 0. The molecule has 6 amide bonds. The van der Waals surface area contributed by atoms with E-state index in [1.54, 1.807) is 18.3 Å². The number of aliphatic hydroxyl groups is 1. The molecule has 18 nitrogen and oxygen atoms in total. The zero-order chi connectivity index (χ0) is 47.3. The summed E-state index contributed by atoms with van der Waals surface area (Å²) in [6, 6.07) is 14.5. The summed E-state index contributed by atoms with van der Waals surface area (Å²) in [5.41, 5.74) is 2.75. The molecule has 2 aliphatic rings. The third-order valence-electron chi connectivity index (χ3n) is 12.0. The van der Waals surface area contributed by atoms with Gasteiger partial charge < -0.3 is 57.1 Å². The molecule has 352 valence electrons. The van der Waals surface area contributed by atoms with Gasteiger partial charge in [-0.15, -0.1) is 0 Å². The second kappa shape index (κ2) is 22.9. The zero-order valence-corrected chi connectivity index (χ0v) is 37.1. The van der Waals surface area contributed by atoms with E-state index in [0.717, 1.165) is 22.9 Å². The molecule has 3 aromatic carbocycles. The quantitative estimate of drug-likeness (QED) is 0.0568. The molecular formula is C48H60N8O10. The Hall–Kier alpha value is -6.79. The van der Waals surface area contributed by atoms with E-state index in [4.69, 9.17) is 0 Å². The third kappa shape index (κ3) is 12.9. The van der Waals surface area contributed by atoms with Crippen LogP contribution in [0.15, 0.2) is 85.1 Å². The van der Waals surface area contributed by atoms with Crippen LogP contribution in [-0.2, 0) is 52.8 Å². The van der Waals surface area contributed by atoms with E-state index < -0.39 is 84.4 Å². The molecule has 1 aromatic heterocycles. The highest BCUT2D eigenvalue weighted by molar-refractivity contribution is 5.98. The number of hydrogen-bond donors (Lipinski definition) is 10. The highest BCUT2D eigenvalue weighted by atomic mass is 16.4. The van der Waals surface area contributed by atoms with Gasteiger partial charge in [-0.1, -0.05) is 74.5 Å². The van der Waals surface area contributed by atoms with Gasteiger partial charge in [0.2, 0.25) is 35.4 Å². The minimum Gasteiger partial charge on any atom is -0.508 e. The fraction of sp³-hybridized carbons (Fsp3) is 0.438. The van der Waals surface area contributed by atoms with Crippen molar-refractivity contribution in [1.82, 2.24) is 41.8 Å². The average molecular weight is 909 g/mol. The summed E-state index contributed by atoms with van der Waals surface area (Å²) in [5.74, 6) is -5.20. The number of likely N-dealkylation sites (tertiary alicyclic amines) is 1. The van der Waals surface area contributed by atoms with Crippen LogP contribution < -0.4 is 31.9 Å². The van der Waals surface area contributed by atoms with Gasteiger partial charge in [0.25, 0.3) is 0 Å². The van der Waals surface area contributed by atoms with Crippen LogP contribution in [-0.4, -0.2) is 129 Å². The van der Waals surface area contributed by atoms with Crippen LogP contribution in [0, 0.1) is 5.92 Å². The predicted molar refractivity (Wildman–Crippen MR) is 244 cm³/mol. The van der Waals surface area contributed by atoms with Gasteiger partial charge in [-0.2, -0.15) is 0 Å². The maximum atomic E-state index is 14.9. The SMILES string of the molecule is CC(C)C[C@H](NC(=O)[C@@H]1CCCN1)C(=O)N[C@@H](Cc1ccccc1)C(=O)N[C@@H](Cc1c[nH]c2ccccc12)C(=O)N1CCC[C@H]1C(=O)N[C@@H](Cc1ccc(O)cc1)C(=O)N[C@@H](CO)C(=O)O. The number of benzene rings is 3. The van der Waals surface area contributed by atoms with Crippen LogP contribution in [0.5, 0.6) is 5.75 Å². The Labute approximate surface area is 382 Å². The number of fused-ring (bicyclic) bond motifs is 1. The van der Waals surface area contributed by atoms with Crippen molar-refractivity contribution in [2.45, 2.75) is 108 Å². The first-order valence-corrected chi connectivity index (χ1v) is 22.5. The van der Waals surface area contributed by atoms with E-state index in [1.165, 1.54) is 29.2 Å². The maximum Gasteiger partial charge on any atom is 0.328 e. The summed E-state index contributed by atoms with van der Waals surface area (Å²) in [4.78, 5) is 101. The number of aromatic amines is 1. The lowest BCUT2D eigenvalue weighted by molar-refractivity contribution is -0.144. The summed E-state index contributed by atoms with van der Waals surface area (Å²) < 4.78 is 0. The Bertz CT molecular complexity index is 2330. The molecule has 2 saturated heterocycles. The zero-order valence-electron chi connectivity index (χ0n) is 37.1. The molecule has 0 unspecified atom stereocenters. The number of carbonyl (C=O) groups is 7. The lowest BCUT2D eigenvalue weighted by atomic mass is 9.99. The van der Waals surface area contributed by atoms with E-state index in [2.05, 4.69) is 36.9 Å². The number of carbonyl (C=O) groups excluding carboxylic acids is 6. The van der Waals surface area contributed by atoms with Crippen molar-refractivity contribution in [2.75, 3.05) is 19.7 Å². The highest BCUT2D eigenvalue weighted by Crippen LogP contribution is 2.24. The Kier molecular flexibility index (Phi) is 16.9. The minimum absolute atomic E-state index is 0.00449. The number of hydrogen-bond acceptors (Lipinski definition) is 10. The molecule has 66 heavy (non-hydrogen) atoms. The lowest BCUT2D eigenvalue weighted by Crippen LogP contribution is -2.60. The average Bonchev–Trinajstić information content (AvgIpc) is 4.11. The maximum absolute atomic E-state index is 14.9. The van der Waals surface area contributed by atoms with Crippen LogP contribution in [0.25, 0.3) is 10.9 Å². The largest absolute Gasteiger partial charge is 0.508 e. The second-order valence-electron chi connectivity index (χ2n) is 17.4. The lowest BCUT2D eigenvalue weighted by Gasteiger charge is -2.31. The van der Waals surface area contributed by atoms with Gasteiger partial charge in [0.15, 0.2) is 0 Å². The van der Waals surface area contributed by atoms with E-state index in [-0.39, 0.29) is 49.8 Å². The minimum atomic E-state index is -1.65. The molecule has 6 rings (SSSR count). The predicted octanol–water partition coefficient (Wildman–Crippen LogP) is 1.19. The fourth-order valence-corrected chi connectivity index (χ4v) is 8.51. The van der Waals surface area contributed by atoms with Gasteiger partial charge >= 0.3 is 5.97 Å². The van der Waals surface area contributed by atoms with Crippen molar-refractivity contribution in [3.8, 4) is 5.75 Å². The van der Waals surface area contributed by atoms with Gasteiger partial charge in [-0.05, 0) is 79.5 Å². The summed E-state index contributed by atoms with van der Waals surface area (Å²) in [6.07, 6.45) is 4.07. The van der Waals surface area contributed by atoms with E-state index in [0.29, 0.717) is 36.9 Å². The molecule has 18 heteroatoms. The van der Waals surface area contributed by atoms with E-state index >= 15 is 0 Å². The molecule has 0 bridgehead atoms. The normalized spacial score (nSPS) is 18.2. The summed E-state index contributed by atoms with van der Waals surface area (Å²) in [6.45, 7) is 3.78. The molecule has 2 aliphatic heterocycles. The molecular weight excluding hydrogens is 849 g/mol. The number of amides is 6. The van der Waals surface area contributed by atoms with Crippen molar-refractivity contribution in [3.63, 3.8) is 0 Å². The van der Waals surface area contributed by atoms with E-state index in [9.17, 15) is 48.9 Å². The van der Waals surface area contributed by atoms with Crippen LogP contribution in [0.4, 0.5) is 0 Å². The number of phenolic OH excluding ortho intramolecular Hbond substituents is 1. The molecule has 0 saturated carbocycles. The summed E-state index contributed by atoms with van der Waals surface area (Å²) >= 11 is 0. The third-order valence-corrected chi connectivity index (χ3v) is 12.0. The Morgan fingerprint density at radius 3 is 1.94 bits per heavy atom. The smallest absolute Gasteiger partial charge is 0.328 e. The number of aromatic hydroxyl groups is 1. The standard InChI is InChI=1S/C48H60N8O10/c1-28(2)22-36(51-42(59)35-14-8-20-49-35)43(60)52-37(23-29-10-4-3-5-11-29)44(61)54-39(25-31-26-50-34-13-7-6-12-33(31)34)47(64)56-21-9-15-41(56)46(63)53-38(24-30-16-18-32(58)19-17-30)45(62)55-40(27-57)48(65)66/h3-7,10-13,16-19,26,28,35-41,49-50,57-58H,8-9,14-15,20-25,27H2,1-2H3,(H,51,59)(H,52,60)(H,53,63)(H,54,61)(H,55,62)(H,65,66)/t35-,36-,37-,38-,39-,40-,41-/m0/s1. The number of carboxylic acids is 1. The molecule has 4 aromatic rings. The number of aliphatic carboxylic acids is 1. The Balaban J connectivity index is 1.27. The van der Waals surface area contributed by atoms with Crippen LogP contribution >= 0.6 is 0 Å². The van der Waals surface area contributed by atoms with Crippen LogP contribution in [0.3, 0.4) is 0 Å². The van der Waals surface area contributed by atoms with Gasteiger partial charge in [-0.3, -0.25) is 28.8 Å². The number of para-hydroxylation sites is 1. The fourth-order valence-electron chi connectivity index (χ4n) is 8.51. The van der Waals surface area contributed by atoms with Crippen LogP contribution in [0.2, 0.25) is 0 Å². The Morgan fingerprint density at radius 2 is 1.29 bits per heavy atom. The Morgan fingerprint density at radius 1 is 0.682 bits per heavy atom. The molecule has 2 fully saturated rings. The van der Waals surface area contributed by atoms with Crippen molar-refractivity contribution < 1.29 is 48.9 Å². The molecule has 7 atom stereocenters. The first-order valence-electron chi connectivity index (χ1n) is 22.5. The van der Waals surface area contributed by atoms with Crippen molar-refractivity contribution in [3.05, 3.63) is 102 Å². The molecule has 0 spiro atoms. The first-order chi connectivity index (χ1) is 31.7. The monoisotopic (exact) mass is 908 g/mol. The number of H-pyrrole nitrogens is 1. The van der Waals surface area contributed by atoms with E-state index in [1.807, 2.05) is 56.3 Å². The number of carboxylic acid groups (broad SMARTS) is 1. The van der Waals surface area contributed by atoms with Crippen molar-refractivity contribution >= 4 is 52.3 Å². The number of aromatic nitrogens is 1. The van der Waals surface area contributed by atoms with Gasteiger partial charge in [0, 0.05) is 42.9 Å². The molecule has 0 radical (unpaired) electrons. The topological polar surface area (TPSA) is 271 Å². The number of rotatable bonds is 21. The first kappa shape index (κ1) is 48.7. The van der Waals surface area contributed by atoms with Crippen molar-refractivity contribution in [1.29, 1.82) is 0 Å². The van der Waals surface area contributed by atoms with Gasteiger partial charge in [0.1, 0.15) is 42.0 Å². The number of aliphatic hydroxyl groups excluding tert-OH is 1.